The molecule has 1 unspecified atom stereocenters. The van der Waals surface area contributed by atoms with Crippen molar-refractivity contribution in [2.24, 2.45) is 35.5 Å². The Morgan fingerprint density at radius 1 is 0.939 bits per heavy atom. The molecule has 0 aromatic rings. The molecular weight excluding hydrogens is 412 g/mol. The van der Waals surface area contributed by atoms with Crippen LogP contribution >= 0.6 is 0 Å². The maximum Gasteiger partial charge on any atom is 0.333 e. The van der Waals surface area contributed by atoms with Crippen molar-refractivity contribution in [1.82, 2.24) is 0 Å². The summed E-state index contributed by atoms with van der Waals surface area (Å²) in [6.45, 7) is 11.8. The summed E-state index contributed by atoms with van der Waals surface area (Å²) >= 11 is 0. The zero-order chi connectivity index (χ0) is 24.1. The second-order valence-electron chi connectivity index (χ2n) is 11.5. The number of rotatable bonds is 15. The summed E-state index contributed by atoms with van der Waals surface area (Å²) in [4.78, 5) is 11.8. The molecule has 0 radical (unpaired) electrons. The Labute approximate surface area is 203 Å². The van der Waals surface area contributed by atoms with E-state index < -0.39 is 0 Å². The summed E-state index contributed by atoms with van der Waals surface area (Å²) in [5.41, 5.74) is 0.449. The Morgan fingerprint density at radius 3 is 2.09 bits per heavy atom. The van der Waals surface area contributed by atoms with E-state index in [0.717, 1.165) is 30.1 Å². The molecule has 1 atom stereocenters. The molecule has 1 N–H and O–H groups in total. The molecule has 0 aliphatic heterocycles. The molecule has 0 spiro atoms. The van der Waals surface area contributed by atoms with Crippen molar-refractivity contribution >= 4 is 5.97 Å². The van der Waals surface area contributed by atoms with Gasteiger partial charge in [-0.1, -0.05) is 65.4 Å². The van der Waals surface area contributed by atoms with Gasteiger partial charge in [-0.2, -0.15) is 0 Å². The van der Waals surface area contributed by atoms with Gasteiger partial charge in [0.2, 0.25) is 0 Å². The van der Waals surface area contributed by atoms with Crippen LogP contribution in [0.3, 0.4) is 0 Å². The van der Waals surface area contributed by atoms with Crippen LogP contribution < -0.4 is 0 Å². The molecule has 0 aromatic heterocycles. The van der Waals surface area contributed by atoms with E-state index in [2.05, 4.69) is 20.4 Å². The van der Waals surface area contributed by atoms with Gasteiger partial charge in [-0.25, -0.2) is 4.79 Å². The maximum atomic E-state index is 11.8. The van der Waals surface area contributed by atoms with Crippen LogP contribution in [0.4, 0.5) is 0 Å². The molecule has 192 valence electrons. The first-order valence-corrected chi connectivity index (χ1v) is 13.9. The second kappa shape index (κ2) is 15.9. The smallest absolute Gasteiger partial charge is 0.333 e. The highest BCUT2D eigenvalue weighted by Crippen LogP contribution is 2.43. The topological polar surface area (TPSA) is 55.8 Å². The number of ether oxygens (including phenoxy) is 2. The summed E-state index contributed by atoms with van der Waals surface area (Å²) in [5.74, 6) is 4.36. The monoisotopic (exact) mass is 464 g/mol. The molecule has 4 nitrogen and oxygen atoms in total. The van der Waals surface area contributed by atoms with E-state index >= 15 is 0 Å². The van der Waals surface area contributed by atoms with Crippen LogP contribution in [-0.2, 0) is 14.3 Å². The highest BCUT2D eigenvalue weighted by molar-refractivity contribution is 5.86. The van der Waals surface area contributed by atoms with E-state index in [0.29, 0.717) is 37.7 Å². The van der Waals surface area contributed by atoms with E-state index in [1.54, 1.807) is 6.92 Å². The first kappa shape index (κ1) is 28.4. The van der Waals surface area contributed by atoms with Gasteiger partial charge in [-0.05, 0) is 75.0 Å². The van der Waals surface area contributed by atoms with Crippen LogP contribution in [0.5, 0.6) is 0 Å². The van der Waals surface area contributed by atoms with Gasteiger partial charge >= 0.3 is 5.97 Å². The van der Waals surface area contributed by atoms with Crippen molar-refractivity contribution in [3.8, 4) is 0 Å². The molecule has 33 heavy (non-hydrogen) atoms. The lowest BCUT2D eigenvalue weighted by Crippen LogP contribution is -2.28. The minimum Gasteiger partial charge on any atom is -0.462 e. The SMILES string of the molecule is C=C(C)C(=O)OCC(COCCCO)CC1CCC(C2CCC(CCCC(C)C)CC2)CC1. The Hall–Kier alpha value is -0.870. The van der Waals surface area contributed by atoms with E-state index in [4.69, 9.17) is 14.6 Å². The Balaban J connectivity index is 1.70. The summed E-state index contributed by atoms with van der Waals surface area (Å²) in [7, 11) is 0. The normalized spacial score (nSPS) is 26.8. The fourth-order valence-corrected chi connectivity index (χ4v) is 6.05. The van der Waals surface area contributed by atoms with Crippen molar-refractivity contribution in [2.75, 3.05) is 26.4 Å². The summed E-state index contributed by atoms with van der Waals surface area (Å²) < 4.78 is 11.2. The first-order chi connectivity index (χ1) is 15.9. The lowest BCUT2D eigenvalue weighted by atomic mass is 9.68. The molecule has 2 aliphatic rings. The molecule has 2 fully saturated rings. The second-order valence-corrected chi connectivity index (χ2v) is 11.5. The van der Waals surface area contributed by atoms with Crippen LogP contribution in [0.15, 0.2) is 12.2 Å². The van der Waals surface area contributed by atoms with Crippen LogP contribution in [0, 0.1) is 35.5 Å². The number of aliphatic hydroxyl groups is 1. The minimum atomic E-state index is -0.307. The van der Waals surface area contributed by atoms with Crippen molar-refractivity contribution in [3.05, 3.63) is 12.2 Å². The lowest BCUT2D eigenvalue weighted by Gasteiger charge is -2.38. The van der Waals surface area contributed by atoms with Crippen molar-refractivity contribution in [1.29, 1.82) is 0 Å². The van der Waals surface area contributed by atoms with Gasteiger partial charge in [-0.15, -0.1) is 0 Å². The zero-order valence-corrected chi connectivity index (χ0v) is 21.9. The average Bonchev–Trinajstić information content (AvgIpc) is 2.80. The standard InChI is InChI=1S/C29H52O4/c1-22(2)7-5-8-24-9-13-27(14-10-24)28-15-11-25(12-16-28)19-26(20-32-18-6-17-30)21-33-29(31)23(3)4/h22,24-28,30H,3,5-21H2,1-2,4H3. The Morgan fingerprint density at radius 2 is 1.55 bits per heavy atom. The van der Waals surface area contributed by atoms with Gasteiger partial charge in [-0.3, -0.25) is 0 Å². The van der Waals surface area contributed by atoms with E-state index in [1.165, 1.54) is 70.6 Å². The minimum absolute atomic E-state index is 0.152. The maximum absolute atomic E-state index is 11.8. The third-order valence-corrected chi connectivity index (χ3v) is 8.11. The number of carbonyl (C=O) groups excluding carboxylic acids is 1. The average molecular weight is 465 g/mol. The molecule has 2 saturated carbocycles. The van der Waals surface area contributed by atoms with Crippen LogP contribution in [-0.4, -0.2) is 37.5 Å². The molecule has 2 aliphatic carbocycles. The Kier molecular flexibility index (Phi) is 13.7. The van der Waals surface area contributed by atoms with Gasteiger partial charge in [0.1, 0.15) is 0 Å². The first-order valence-electron chi connectivity index (χ1n) is 13.9. The third-order valence-electron chi connectivity index (χ3n) is 8.11. The van der Waals surface area contributed by atoms with Gasteiger partial charge in [0.15, 0.2) is 0 Å². The molecule has 0 aromatic carbocycles. The van der Waals surface area contributed by atoms with Crippen molar-refractivity contribution < 1.29 is 19.4 Å². The highest BCUT2D eigenvalue weighted by atomic mass is 16.5. The largest absolute Gasteiger partial charge is 0.462 e. The summed E-state index contributed by atoms with van der Waals surface area (Å²) in [6.07, 6.45) is 17.2. The number of hydrogen-bond acceptors (Lipinski definition) is 4. The summed E-state index contributed by atoms with van der Waals surface area (Å²) in [6, 6.07) is 0. The van der Waals surface area contributed by atoms with E-state index in [9.17, 15) is 4.79 Å². The highest BCUT2D eigenvalue weighted by Gasteiger charge is 2.31. The molecule has 0 saturated heterocycles. The molecule has 0 amide bonds. The van der Waals surface area contributed by atoms with E-state index in [1.807, 2.05) is 0 Å². The van der Waals surface area contributed by atoms with Crippen molar-refractivity contribution in [2.45, 2.75) is 104 Å². The molecule has 0 bridgehead atoms. The predicted molar refractivity (Wildman–Crippen MR) is 136 cm³/mol. The van der Waals surface area contributed by atoms with E-state index in [-0.39, 0.29) is 18.5 Å². The van der Waals surface area contributed by atoms with Crippen LogP contribution in [0.25, 0.3) is 0 Å². The molecule has 2 rings (SSSR count). The van der Waals surface area contributed by atoms with Gasteiger partial charge in [0.05, 0.1) is 13.2 Å². The van der Waals surface area contributed by atoms with Gasteiger partial charge in [0, 0.05) is 24.7 Å². The Bertz CT molecular complexity index is 542. The molecular formula is C29H52O4. The zero-order valence-electron chi connectivity index (χ0n) is 21.9. The fraction of sp³-hybridized carbons (Fsp3) is 0.897. The van der Waals surface area contributed by atoms with Gasteiger partial charge in [0.25, 0.3) is 0 Å². The fourth-order valence-electron chi connectivity index (χ4n) is 6.05. The number of hydrogen-bond donors (Lipinski definition) is 1. The number of aliphatic hydroxyl groups excluding tert-OH is 1. The lowest BCUT2D eigenvalue weighted by molar-refractivity contribution is -0.141. The van der Waals surface area contributed by atoms with Gasteiger partial charge < -0.3 is 14.6 Å². The van der Waals surface area contributed by atoms with Crippen LogP contribution in [0.1, 0.15) is 104 Å². The predicted octanol–water partition coefficient (Wildman–Crippen LogP) is 6.95. The third kappa shape index (κ3) is 11.4. The molecule has 0 heterocycles. The number of carbonyl (C=O) groups is 1. The number of esters is 1. The van der Waals surface area contributed by atoms with Crippen molar-refractivity contribution in [3.63, 3.8) is 0 Å². The quantitative estimate of drug-likeness (QED) is 0.162. The summed E-state index contributed by atoms with van der Waals surface area (Å²) in [5, 5.41) is 8.98. The van der Waals surface area contributed by atoms with Crippen LogP contribution in [0.2, 0.25) is 0 Å². The molecule has 4 heteroatoms.